The summed E-state index contributed by atoms with van der Waals surface area (Å²) in [4.78, 5) is 15.9. The summed E-state index contributed by atoms with van der Waals surface area (Å²) < 4.78 is 23.0. The zero-order valence-corrected chi connectivity index (χ0v) is 11.7. The third-order valence-electron chi connectivity index (χ3n) is 2.92. The Hall–Kier alpha value is -1.18. The molecule has 0 spiro atoms. The molecular weight excluding hydrogens is 290 g/mol. The Bertz CT molecular complexity index is 603. The number of Topliss-reactive ketones (excluding diaryl/α,β-unsaturated/α-hetero) is 1. The Balaban J connectivity index is 2.11. The van der Waals surface area contributed by atoms with Gasteiger partial charge in [0.15, 0.2) is 15.6 Å². The average molecular weight is 304 g/mol. The molecule has 0 amide bonds. The number of anilines is 1. The smallest absolute Gasteiger partial charge is 0.168 e. The molecule has 1 aromatic rings. The number of aromatic nitrogens is 1. The quantitative estimate of drug-likeness (QED) is 0.777. The van der Waals surface area contributed by atoms with Gasteiger partial charge in [0.25, 0.3) is 0 Å². The molecule has 1 aliphatic heterocycles. The van der Waals surface area contributed by atoms with Crippen LogP contribution in [0, 0.1) is 0 Å². The van der Waals surface area contributed by atoms with E-state index in [1.165, 1.54) is 12.3 Å². The highest BCUT2D eigenvalue weighted by atomic mass is 35.5. The first kappa shape index (κ1) is 14.2. The number of hydrogen-bond donors (Lipinski definition) is 2. The van der Waals surface area contributed by atoms with Crippen LogP contribution < -0.4 is 11.1 Å². The molecule has 0 saturated carbocycles. The van der Waals surface area contributed by atoms with Gasteiger partial charge in [-0.2, -0.15) is 0 Å². The van der Waals surface area contributed by atoms with Gasteiger partial charge in [-0.05, 0) is 6.07 Å². The van der Waals surface area contributed by atoms with Crippen LogP contribution in [0.2, 0.25) is 5.02 Å². The topological polar surface area (TPSA) is 102 Å². The minimum Gasteiger partial charge on any atom is -0.383 e. The number of nitrogens with one attached hydrogen (secondary N) is 1. The summed E-state index contributed by atoms with van der Waals surface area (Å²) in [6.07, 6.45) is 1.42. The van der Waals surface area contributed by atoms with Crippen LogP contribution in [0.1, 0.15) is 16.8 Å². The molecule has 8 heteroatoms. The fraction of sp³-hybridized carbons (Fsp3) is 0.455. The molecule has 3 N–H and O–H groups in total. The molecule has 0 aromatic carbocycles. The number of pyridine rings is 1. The predicted molar refractivity (Wildman–Crippen MR) is 73.1 cm³/mol. The van der Waals surface area contributed by atoms with E-state index in [9.17, 15) is 13.2 Å². The lowest BCUT2D eigenvalue weighted by molar-refractivity contribution is 0.0972. The fourth-order valence-corrected chi connectivity index (χ4v) is 3.61. The molecule has 1 saturated heterocycles. The first-order valence-corrected chi connectivity index (χ1v) is 7.95. The van der Waals surface area contributed by atoms with Gasteiger partial charge in [0, 0.05) is 25.2 Å². The zero-order valence-electron chi connectivity index (χ0n) is 10.1. The maximum Gasteiger partial charge on any atom is 0.168 e. The maximum atomic E-state index is 12.1. The Kier molecular flexibility index (Phi) is 4.07. The summed E-state index contributed by atoms with van der Waals surface area (Å²) in [6, 6.07) is 1.06. The van der Waals surface area contributed by atoms with Crippen LogP contribution in [0.25, 0.3) is 0 Å². The van der Waals surface area contributed by atoms with E-state index < -0.39 is 9.84 Å². The van der Waals surface area contributed by atoms with Gasteiger partial charge in [-0.1, -0.05) is 11.6 Å². The van der Waals surface area contributed by atoms with Gasteiger partial charge < -0.3 is 11.1 Å². The molecule has 1 aromatic heterocycles. The number of nitrogen functional groups attached to an aromatic ring is 1. The lowest BCUT2D eigenvalue weighted by Crippen LogP contribution is -2.46. The van der Waals surface area contributed by atoms with E-state index in [0.29, 0.717) is 11.6 Å². The van der Waals surface area contributed by atoms with E-state index in [0.717, 1.165) is 0 Å². The number of ketones is 1. The normalized spacial score (nSPS) is 22.1. The van der Waals surface area contributed by atoms with Crippen molar-refractivity contribution in [2.45, 2.75) is 12.5 Å². The van der Waals surface area contributed by atoms with E-state index in [1.807, 2.05) is 0 Å². The molecule has 1 atom stereocenters. The van der Waals surface area contributed by atoms with Crippen LogP contribution in [0.5, 0.6) is 0 Å². The van der Waals surface area contributed by atoms with Crippen molar-refractivity contribution in [2.75, 3.05) is 23.8 Å². The zero-order chi connectivity index (χ0) is 14.0. The Morgan fingerprint density at radius 3 is 3.00 bits per heavy atom. The van der Waals surface area contributed by atoms with Gasteiger partial charge in [-0.25, -0.2) is 13.4 Å². The van der Waals surface area contributed by atoms with Gasteiger partial charge >= 0.3 is 0 Å². The Morgan fingerprint density at radius 2 is 2.32 bits per heavy atom. The van der Waals surface area contributed by atoms with Crippen molar-refractivity contribution in [1.82, 2.24) is 10.3 Å². The van der Waals surface area contributed by atoms with Gasteiger partial charge in [-0.3, -0.25) is 4.79 Å². The van der Waals surface area contributed by atoms with E-state index >= 15 is 0 Å². The summed E-state index contributed by atoms with van der Waals surface area (Å²) >= 11 is 5.77. The highest BCUT2D eigenvalue weighted by molar-refractivity contribution is 7.91. The number of nitrogens with two attached hydrogens (primary N) is 1. The van der Waals surface area contributed by atoms with Gasteiger partial charge in [0.05, 0.1) is 22.1 Å². The largest absolute Gasteiger partial charge is 0.383 e. The van der Waals surface area contributed by atoms with Gasteiger partial charge in [0.2, 0.25) is 0 Å². The summed E-state index contributed by atoms with van der Waals surface area (Å²) in [5, 5.41) is 3.34. The number of carbonyl (C=O) groups excluding carboxylic acids is 1. The van der Waals surface area contributed by atoms with Crippen molar-refractivity contribution >= 4 is 33.0 Å². The molecule has 0 radical (unpaired) electrons. The number of halogens is 1. The van der Waals surface area contributed by atoms with E-state index in [1.54, 1.807) is 0 Å². The fourth-order valence-electron chi connectivity index (χ4n) is 2.01. The second-order valence-corrected chi connectivity index (χ2v) is 7.14. The van der Waals surface area contributed by atoms with E-state index in [2.05, 4.69) is 10.3 Å². The van der Waals surface area contributed by atoms with Crippen molar-refractivity contribution in [3.05, 3.63) is 22.8 Å². The summed E-state index contributed by atoms with van der Waals surface area (Å²) in [5.41, 5.74) is 5.85. The lowest BCUT2D eigenvalue weighted by Gasteiger charge is -2.23. The van der Waals surface area contributed by atoms with Crippen molar-refractivity contribution in [3.8, 4) is 0 Å². The summed E-state index contributed by atoms with van der Waals surface area (Å²) in [7, 11) is -3.07. The van der Waals surface area contributed by atoms with Crippen molar-refractivity contribution in [3.63, 3.8) is 0 Å². The minimum atomic E-state index is -3.07. The van der Waals surface area contributed by atoms with Crippen LogP contribution in [0.3, 0.4) is 0 Å². The molecule has 6 nitrogen and oxygen atoms in total. The summed E-state index contributed by atoms with van der Waals surface area (Å²) in [6.45, 7) is 0.365. The number of hydrogen-bond acceptors (Lipinski definition) is 6. The second kappa shape index (κ2) is 5.44. The molecular formula is C11H14ClN3O3S. The average Bonchev–Trinajstić information content (AvgIpc) is 2.31. The van der Waals surface area contributed by atoms with Crippen LogP contribution in [-0.4, -0.2) is 43.3 Å². The first-order valence-electron chi connectivity index (χ1n) is 5.75. The van der Waals surface area contributed by atoms with Crippen LogP contribution in [-0.2, 0) is 9.84 Å². The second-order valence-electron chi connectivity index (χ2n) is 4.48. The van der Waals surface area contributed by atoms with E-state index in [-0.39, 0.29) is 41.1 Å². The SMILES string of the molecule is Nc1ncc(Cl)cc1C(=O)CC1CS(=O)(=O)CCN1. The summed E-state index contributed by atoms with van der Waals surface area (Å²) in [5.74, 6) is -0.0827. The molecule has 1 fully saturated rings. The Morgan fingerprint density at radius 1 is 1.58 bits per heavy atom. The van der Waals surface area contributed by atoms with Crippen LogP contribution in [0.4, 0.5) is 5.82 Å². The molecule has 1 aliphatic rings. The lowest BCUT2D eigenvalue weighted by atomic mass is 10.1. The number of nitrogens with zero attached hydrogens (tertiary/aromatic N) is 1. The van der Waals surface area contributed by atoms with Crippen LogP contribution in [0.15, 0.2) is 12.3 Å². The standard InChI is InChI=1S/C11H14ClN3O3S/c12-7-3-9(11(13)15-5-7)10(16)4-8-6-19(17,18)2-1-14-8/h3,5,8,14H,1-2,4,6H2,(H2,13,15). The third-order valence-corrected chi connectivity index (χ3v) is 4.86. The predicted octanol–water partition coefficient (Wildman–Crippen LogP) is 0.277. The first-order chi connectivity index (χ1) is 8.87. The third kappa shape index (κ3) is 3.65. The molecule has 0 aliphatic carbocycles. The van der Waals surface area contributed by atoms with Crippen molar-refractivity contribution in [1.29, 1.82) is 0 Å². The molecule has 104 valence electrons. The van der Waals surface area contributed by atoms with Crippen molar-refractivity contribution < 1.29 is 13.2 Å². The molecule has 2 heterocycles. The van der Waals surface area contributed by atoms with Crippen molar-refractivity contribution in [2.24, 2.45) is 0 Å². The highest BCUT2D eigenvalue weighted by Gasteiger charge is 2.27. The molecule has 0 bridgehead atoms. The molecule has 19 heavy (non-hydrogen) atoms. The molecule has 2 rings (SSSR count). The van der Waals surface area contributed by atoms with Crippen LogP contribution >= 0.6 is 11.6 Å². The van der Waals surface area contributed by atoms with Gasteiger partial charge in [-0.15, -0.1) is 0 Å². The highest BCUT2D eigenvalue weighted by Crippen LogP contribution is 2.18. The Labute approximate surface area is 116 Å². The minimum absolute atomic E-state index is 0.0351. The van der Waals surface area contributed by atoms with E-state index in [4.69, 9.17) is 17.3 Å². The van der Waals surface area contributed by atoms with Gasteiger partial charge in [0.1, 0.15) is 5.82 Å². The number of rotatable bonds is 3. The number of carbonyl (C=O) groups is 1. The monoisotopic (exact) mass is 303 g/mol. The maximum absolute atomic E-state index is 12.1. The molecule has 1 unspecified atom stereocenters. The number of sulfone groups is 1.